The molecule has 0 amide bonds. The van der Waals surface area contributed by atoms with E-state index in [2.05, 4.69) is 21.6 Å². The molecular formula is C24H22F3NO2. The second kappa shape index (κ2) is 9.08. The van der Waals surface area contributed by atoms with Crippen LogP contribution in [0, 0.1) is 24.7 Å². The van der Waals surface area contributed by atoms with Gasteiger partial charge in [-0.3, -0.25) is 4.99 Å². The Morgan fingerprint density at radius 3 is 2.53 bits per heavy atom. The Balaban J connectivity index is 1.72. The maximum absolute atomic E-state index is 12.4. The lowest BCUT2D eigenvalue weighted by atomic mass is 9.87. The van der Waals surface area contributed by atoms with Gasteiger partial charge in [0, 0.05) is 17.7 Å². The molecule has 0 fully saturated rings. The summed E-state index contributed by atoms with van der Waals surface area (Å²) in [6.07, 6.45) is -0.725. The summed E-state index contributed by atoms with van der Waals surface area (Å²) in [5.74, 6) is 5.95. The van der Waals surface area contributed by atoms with Crippen molar-refractivity contribution in [1.82, 2.24) is 0 Å². The number of benzene rings is 2. The van der Waals surface area contributed by atoms with E-state index >= 15 is 0 Å². The van der Waals surface area contributed by atoms with Gasteiger partial charge < -0.3 is 9.84 Å². The molecular weight excluding hydrogens is 391 g/mol. The largest absolute Gasteiger partial charge is 0.573 e. The molecule has 2 aromatic carbocycles. The van der Waals surface area contributed by atoms with Crippen LogP contribution in [-0.4, -0.2) is 17.2 Å². The van der Waals surface area contributed by atoms with Gasteiger partial charge in [-0.2, -0.15) is 0 Å². The predicted octanol–water partition coefficient (Wildman–Crippen LogP) is 5.95. The smallest absolute Gasteiger partial charge is 0.508 e. The van der Waals surface area contributed by atoms with Crippen molar-refractivity contribution in [3.05, 3.63) is 70.9 Å². The fourth-order valence-corrected chi connectivity index (χ4v) is 3.54. The number of rotatable bonds is 6. The molecule has 0 saturated heterocycles. The molecule has 30 heavy (non-hydrogen) atoms. The van der Waals surface area contributed by atoms with E-state index < -0.39 is 6.36 Å². The molecule has 0 saturated carbocycles. The van der Waals surface area contributed by atoms with E-state index in [0.29, 0.717) is 6.42 Å². The van der Waals surface area contributed by atoms with Crippen molar-refractivity contribution < 1.29 is 23.0 Å². The first-order valence-corrected chi connectivity index (χ1v) is 9.62. The molecule has 1 heterocycles. The number of nitrogens with zero attached hydrogens (tertiary/aromatic N) is 1. The predicted molar refractivity (Wildman–Crippen MR) is 110 cm³/mol. The molecule has 2 aromatic rings. The van der Waals surface area contributed by atoms with E-state index in [0.717, 1.165) is 40.8 Å². The Morgan fingerprint density at radius 1 is 1.13 bits per heavy atom. The maximum atomic E-state index is 12.4. The minimum atomic E-state index is -4.72. The second-order valence-electron chi connectivity index (χ2n) is 7.12. The monoisotopic (exact) mass is 413 g/mol. The van der Waals surface area contributed by atoms with Crippen molar-refractivity contribution in [3.8, 4) is 23.3 Å². The highest BCUT2D eigenvalue weighted by molar-refractivity contribution is 6.06. The van der Waals surface area contributed by atoms with Gasteiger partial charge in [-0.05, 0) is 74.6 Å². The Labute approximate surface area is 173 Å². The lowest BCUT2D eigenvalue weighted by Crippen LogP contribution is -2.17. The molecule has 0 aromatic heterocycles. The average Bonchev–Trinajstić information content (AvgIpc) is 3.07. The number of aromatic hydroxyl groups is 1. The summed E-state index contributed by atoms with van der Waals surface area (Å²) in [5, 5.41) is 10.1. The van der Waals surface area contributed by atoms with Gasteiger partial charge in [0.15, 0.2) is 0 Å². The Morgan fingerprint density at radius 2 is 1.87 bits per heavy atom. The maximum Gasteiger partial charge on any atom is 0.573 e. The highest BCUT2D eigenvalue weighted by Gasteiger charge is 2.31. The van der Waals surface area contributed by atoms with Gasteiger partial charge in [0.25, 0.3) is 0 Å². The number of ether oxygens (including phenoxy) is 1. The van der Waals surface area contributed by atoms with E-state index in [1.807, 2.05) is 19.1 Å². The van der Waals surface area contributed by atoms with Crippen molar-refractivity contribution in [3.63, 3.8) is 0 Å². The molecule has 0 radical (unpaired) electrons. The highest BCUT2D eigenvalue weighted by Crippen LogP contribution is 2.31. The molecule has 3 nitrogen and oxygen atoms in total. The van der Waals surface area contributed by atoms with Crippen LogP contribution in [0.2, 0.25) is 0 Å². The van der Waals surface area contributed by atoms with Crippen LogP contribution in [0.25, 0.3) is 0 Å². The summed E-state index contributed by atoms with van der Waals surface area (Å²) in [7, 11) is 0. The molecule has 1 N–H and O–H groups in total. The van der Waals surface area contributed by atoms with Crippen LogP contribution in [-0.2, 0) is 6.42 Å². The molecule has 0 bridgehead atoms. The quantitative estimate of drug-likeness (QED) is 0.595. The zero-order chi connectivity index (χ0) is 21.7. The van der Waals surface area contributed by atoms with E-state index in [1.54, 1.807) is 31.3 Å². The number of halogens is 3. The van der Waals surface area contributed by atoms with Crippen molar-refractivity contribution in [2.75, 3.05) is 0 Å². The molecule has 156 valence electrons. The molecule has 1 aliphatic rings. The molecule has 1 atom stereocenters. The first-order chi connectivity index (χ1) is 14.3. The third kappa shape index (κ3) is 5.44. The van der Waals surface area contributed by atoms with E-state index in [9.17, 15) is 18.3 Å². The standard InChI is InChI=1S/C24H22F3NO2/c1-3-5-19-15-28-23(17-9-11-20(12-10-17)30-24(25,26)27)21(19)7-4-6-18-14-16(2)8-13-22(18)29/h8-15,21,29H,4,6-7H2,1-2H3. The van der Waals surface area contributed by atoms with Crippen LogP contribution in [0.3, 0.4) is 0 Å². The molecule has 1 unspecified atom stereocenters. The van der Waals surface area contributed by atoms with E-state index in [-0.39, 0.29) is 17.4 Å². The summed E-state index contributed by atoms with van der Waals surface area (Å²) in [5.41, 5.74) is 4.38. The van der Waals surface area contributed by atoms with Crippen molar-refractivity contribution in [1.29, 1.82) is 0 Å². The van der Waals surface area contributed by atoms with Crippen molar-refractivity contribution >= 4 is 5.71 Å². The second-order valence-corrected chi connectivity index (χ2v) is 7.12. The molecule has 6 heteroatoms. The number of aliphatic imine (C=N–C) groups is 1. The summed E-state index contributed by atoms with van der Waals surface area (Å²) >= 11 is 0. The molecule has 3 rings (SSSR count). The van der Waals surface area contributed by atoms with E-state index in [4.69, 9.17) is 0 Å². The Kier molecular flexibility index (Phi) is 6.51. The minimum absolute atomic E-state index is 0.0428. The van der Waals surface area contributed by atoms with E-state index in [1.165, 1.54) is 12.1 Å². The van der Waals surface area contributed by atoms with Crippen LogP contribution >= 0.6 is 0 Å². The summed E-state index contributed by atoms with van der Waals surface area (Å²) in [6, 6.07) is 11.3. The summed E-state index contributed by atoms with van der Waals surface area (Å²) in [6.45, 7) is 3.73. The van der Waals surface area contributed by atoms with Gasteiger partial charge in [0.1, 0.15) is 11.5 Å². The van der Waals surface area contributed by atoms with Crippen LogP contribution in [0.4, 0.5) is 13.2 Å². The van der Waals surface area contributed by atoms with Gasteiger partial charge in [0.2, 0.25) is 0 Å². The van der Waals surface area contributed by atoms with Gasteiger partial charge in [0.05, 0.1) is 5.71 Å². The zero-order valence-electron chi connectivity index (χ0n) is 16.8. The molecule has 0 aliphatic carbocycles. The summed E-state index contributed by atoms with van der Waals surface area (Å²) < 4.78 is 41.1. The Bertz CT molecular complexity index is 1030. The van der Waals surface area contributed by atoms with Crippen LogP contribution < -0.4 is 4.74 Å². The van der Waals surface area contributed by atoms with Crippen LogP contribution in [0.15, 0.2) is 59.2 Å². The SMILES string of the molecule is CC#CC1=CN=C(c2ccc(OC(F)(F)F)cc2)C1CCCc1cc(C)ccc1O. The number of phenolic OH excluding ortho intramolecular Hbond substituents is 1. The van der Waals surface area contributed by atoms with Gasteiger partial charge in [-0.25, -0.2) is 0 Å². The first-order valence-electron chi connectivity index (χ1n) is 9.62. The van der Waals surface area contributed by atoms with Gasteiger partial charge in [-0.1, -0.05) is 23.6 Å². The Hall–Kier alpha value is -3.20. The number of hydrogen-bond acceptors (Lipinski definition) is 3. The first kappa shape index (κ1) is 21.5. The highest BCUT2D eigenvalue weighted by atomic mass is 19.4. The van der Waals surface area contributed by atoms with Crippen molar-refractivity contribution in [2.24, 2.45) is 10.9 Å². The number of allylic oxidation sites excluding steroid dienone is 1. The number of phenols is 1. The third-order valence-electron chi connectivity index (χ3n) is 4.88. The topological polar surface area (TPSA) is 41.8 Å². The van der Waals surface area contributed by atoms with Crippen molar-refractivity contribution in [2.45, 2.75) is 39.5 Å². The number of alkyl halides is 3. The zero-order valence-corrected chi connectivity index (χ0v) is 16.8. The third-order valence-corrected chi connectivity index (χ3v) is 4.88. The minimum Gasteiger partial charge on any atom is -0.508 e. The fraction of sp³-hybridized carbons (Fsp3) is 0.292. The molecule has 1 aliphatic heterocycles. The average molecular weight is 413 g/mol. The fourth-order valence-electron chi connectivity index (χ4n) is 3.54. The molecule has 0 spiro atoms. The van der Waals surface area contributed by atoms with Crippen LogP contribution in [0.5, 0.6) is 11.5 Å². The number of aryl methyl sites for hydroxylation is 2. The lowest BCUT2D eigenvalue weighted by Gasteiger charge is -2.16. The van der Waals surface area contributed by atoms with Gasteiger partial charge >= 0.3 is 6.36 Å². The summed E-state index contributed by atoms with van der Waals surface area (Å²) in [4.78, 5) is 4.49. The normalized spacial score (nSPS) is 15.8. The van der Waals surface area contributed by atoms with Crippen LogP contribution in [0.1, 0.15) is 36.5 Å². The van der Waals surface area contributed by atoms with Gasteiger partial charge in [-0.15, -0.1) is 19.1 Å². The lowest BCUT2D eigenvalue weighted by molar-refractivity contribution is -0.274. The number of hydrogen-bond donors (Lipinski definition) is 1.